The van der Waals surface area contributed by atoms with Crippen LogP contribution in [0.5, 0.6) is 11.5 Å². The lowest BCUT2D eigenvalue weighted by molar-refractivity contribution is 0.174. The third-order valence-corrected chi connectivity index (χ3v) is 3.25. The monoisotopic (exact) mass is 244 g/mol. The molecule has 0 amide bonds. The average Bonchev–Trinajstić information content (AvgIpc) is 2.85. The van der Waals surface area contributed by atoms with Gasteiger partial charge >= 0.3 is 0 Å². The molecule has 2 nitrogen and oxygen atoms in total. The van der Waals surface area contributed by atoms with E-state index >= 15 is 0 Å². The molecule has 0 saturated carbocycles. The number of hydrogen-bond donors (Lipinski definition) is 0. The summed E-state index contributed by atoms with van der Waals surface area (Å²) < 4.78 is 23.8. The van der Waals surface area contributed by atoms with Crippen molar-refractivity contribution in [2.24, 2.45) is 0 Å². The summed E-state index contributed by atoms with van der Waals surface area (Å²) in [4.78, 5) is 0. The molecule has 3 rings (SSSR count). The number of benzene rings is 2. The Labute approximate surface area is 105 Å². The number of fused-ring (bicyclic) bond motifs is 1. The van der Waals surface area contributed by atoms with Gasteiger partial charge in [0.1, 0.15) is 5.82 Å². The lowest BCUT2D eigenvalue weighted by Gasteiger charge is -2.13. The molecule has 3 heteroatoms. The van der Waals surface area contributed by atoms with Gasteiger partial charge in [-0.15, -0.1) is 0 Å². The number of rotatable bonds is 2. The van der Waals surface area contributed by atoms with E-state index in [-0.39, 0.29) is 18.5 Å². The fraction of sp³-hybridized carbons (Fsp3) is 0.200. The quantitative estimate of drug-likeness (QED) is 0.801. The summed E-state index contributed by atoms with van der Waals surface area (Å²) in [7, 11) is 0. The van der Waals surface area contributed by atoms with E-state index in [0.717, 1.165) is 22.6 Å². The van der Waals surface area contributed by atoms with Gasteiger partial charge in [-0.3, -0.25) is 0 Å². The standard InChI is InChI=1S/C15H13FO2/c1-10(11-3-2-4-13(16)7-11)12-5-6-14-15(8-12)18-9-17-14/h2-8,10H,9H2,1H3. The predicted molar refractivity (Wildman–Crippen MR) is 66.5 cm³/mol. The van der Waals surface area contributed by atoms with Crippen molar-refractivity contribution in [2.45, 2.75) is 12.8 Å². The molecule has 0 bridgehead atoms. The van der Waals surface area contributed by atoms with Gasteiger partial charge < -0.3 is 9.47 Å². The lowest BCUT2D eigenvalue weighted by atomic mass is 9.93. The van der Waals surface area contributed by atoms with Gasteiger partial charge in [0, 0.05) is 5.92 Å². The molecule has 1 heterocycles. The maximum absolute atomic E-state index is 13.2. The van der Waals surface area contributed by atoms with Crippen LogP contribution in [-0.4, -0.2) is 6.79 Å². The molecule has 0 saturated heterocycles. The molecule has 0 radical (unpaired) electrons. The highest BCUT2D eigenvalue weighted by atomic mass is 19.1. The van der Waals surface area contributed by atoms with Crippen LogP contribution in [0.15, 0.2) is 42.5 Å². The normalized spacial score (nSPS) is 14.6. The van der Waals surface area contributed by atoms with Gasteiger partial charge in [0.2, 0.25) is 6.79 Å². The zero-order valence-corrected chi connectivity index (χ0v) is 10.0. The molecule has 92 valence electrons. The van der Waals surface area contributed by atoms with Crippen molar-refractivity contribution in [2.75, 3.05) is 6.79 Å². The van der Waals surface area contributed by atoms with Crippen molar-refractivity contribution in [3.63, 3.8) is 0 Å². The van der Waals surface area contributed by atoms with E-state index in [1.165, 1.54) is 6.07 Å². The van der Waals surface area contributed by atoms with E-state index in [4.69, 9.17) is 9.47 Å². The van der Waals surface area contributed by atoms with Crippen LogP contribution < -0.4 is 9.47 Å². The first-order valence-electron chi connectivity index (χ1n) is 5.89. The molecule has 1 aliphatic heterocycles. The fourth-order valence-corrected chi connectivity index (χ4v) is 2.15. The minimum absolute atomic E-state index is 0.121. The topological polar surface area (TPSA) is 18.5 Å². The Hall–Kier alpha value is -2.03. The lowest BCUT2D eigenvalue weighted by Crippen LogP contribution is -1.96. The van der Waals surface area contributed by atoms with Crippen LogP contribution in [0.2, 0.25) is 0 Å². The van der Waals surface area contributed by atoms with Crippen LogP contribution in [-0.2, 0) is 0 Å². The summed E-state index contributed by atoms with van der Waals surface area (Å²) in [6.07, 6.45) is 0. The highest BCUT2D eigenvalue weighted by Crippen LogP contribution is 2.36. The third-order valence-electron chi connectivity index (χ3n) is 3.25. The van der Waals surface area contributed by atoms with Gasteiger partial charge in [0.15, 0.2) is 11.5 Å². The summed E-state index contributed by atoms with van der Waals surface area (Å²) in [5, 5.41) is 0. The van der Waals surface area contributed by atoms with Crippen molar-refractivity contribution in [1.82, 2.24) is 0 Å². The van der Waals surface area contributed by atoms with E-state index in [0.29, 0.717) is 0 Å². The van der Waals surface area contributed by atoms with Crippen molar-refractivity contribution < 1.29 is 13.9 Å². The van der Waals surface area contributed by atoms with Gasteiger partial charge in [-0.1, -0.05) is 25.1 Å². The Morgan fingerprint density at radius 2 is 1.78 bits per heavy atom. The van der Waals surface area contributed by atoms with Gasteiger partial charge in [-0.25, -0.2) is 4.39 Å². The molecule has 18 heavy (non-hydrogen) atoms. The maximum atomic E-state index is 13.2. The Bertz CT molecular complexity index is 580. The highest BCUT2D eigenvalue weighted by molar-refractivity contribution is 5.47. The summed E-state index contributed by atoms with van der Waals surface area (Å²) in [5.41, 5.74) is 2.04. The summed E-state index contributed by atoms with van der Waals surface area (Å²) in [6, 6.07) is 12.5. The van der Waals surface area contributed by atoms with Gasteiger partial charge in [-0.05, 0) is 35.4 Å². The number of halogens is 1. The number of ether oxygens (including phenoxy) is 2. The van der Waals surface area contributed by atoms with Crippen molar-refractivity contribution in [3.05, 3.63) is 59.4 Å². The summed E-state index contributed by atoms with van der Waals surface area (Å²) >= 11 is 0. The molecular formula is C15H13FO2. The summed E-state index contributed by atoms with van der Waals surface area (Å²) in [5.74, 6) is 1.44. The zero-order chi connectivity index (χ0) is 12.5. The second-order valence-electron chi connectivity index (χ2n) is 4.39. The maximum Gasteiger partial charge on any atom is 0.231 e. The zero-order valence-electron chi connectivity index (χ0n) is 10.0. The predicted octanol–water partition coefficient (Wildman–Crippen LogP) is 3.71. The van der Waals surface area contributed by atoms with E-state index in [1.54, 1.807) is 12.1 Å². The second kappa shape index (κ2) is 4.33. The van der Waals surface area contributed by atoms with Crippen LogP contribution in [0.25, 0.3) is 0 Å². The second-order valence-corrected chi connectivity index (χ2v) is 4.39. The molecule has 1 unspecified atom stereocenters. The minimum Gasteiger partial charge on any atom is -0.454 e. The average molecular weight is 244 g/mol. The van der Waals surface area contributed by atoms with Gasteiger partial charge in [0.25, 0.3) is 0 Å². The molecule has 0 N–H and O–H groups in total. The van der Waals surface area contributed by atoms with Gasteiger partial charge in [-0.2, -0.15) is 0 Å². The SMILES string of the molecule is CC(c1cccc(F)c1)c1ccc2c(c1)OCO2. The van der Waals surface area contributed by atoms with Crippen LogP contribution in [0.1, 0.15) is 24.0 Å². The smallest absolute Gasteiger partial charge is 0.231 e. The minimum atomic E-state index is -0.208. The third kappa shape index (κ3) is 1.92. The largest absolute Gasteiger partial charge is 0.454 e. The Morgan fingerprint density at radius 3 is 2.61 bits per heavy atom. The van der Waals surface area contributed by atoms with Crippen LogP contribution in [0.3, 0.4) is 0 Å². The van der Waals surface area contributed by atoms with E-state index < -0.39 is 0 Å². The molecule has 0 fully saturated rings. The first-order valence-corrected chi connectivity index (χ1v) is 5.89. The first kappa shape index (κ1) is 11.1. The molecule has 0 spiro atoms. The summed E-state index contributed by atoms with van der Waals surface area (Å²) in [6.45, 7) is 2.32. The van der Waals surface area contributed by atoms with Crippen molar-refractivity contribution >= 4 is 0 Å². The number of hydrogen-bond acceptors (Lipinski definition) is 2. The van der Waals surface area contributed by atoms with Crippen molar-refractivity contribution in [1.29, 1.82) is 0 Å². The molecule has 0 aliphatic carbocycles. The Morgan fingerprint density at radius 1 is 1.00 bits per heavy atom. The van der Waals surface area contributed by atoms with E-state index in [1.807, 2.05) is 31.2 Å². The van der Waals surface area contributed by atoms with E-state index in [9.17, 15) is 4.39 Å². The van der Waals surface area contributed by atoms with E-state index in [2.05, 4.69) is 0 Å². The van der Waals surface area contributed by atoms with Crippen LogP contribution >= 0.6 is 0 Å². The molecule has 2 aromatic rings. The molecular weight excluding hydrogens is 231 g/mol. The Kier molecular flexibility index (Phi) is 2.67. The Balaban J connectivity index is 1.95. The highest BCUT2D eigenvalue weighted by Gasteiger charge is 2.16. The van der Waals surface area contributed by atoms with Crippen LogP contribution in [0, 0.1) is 5.82 Å². The fourth-order valence-electron chi connectivity index (χ4n) is 2.15. The van der Waals surface area contributed by atoms with Crippen molar-refractivity contribution in [3.8, 4) is 11.5 Å². The molecule has 2 aromatic carbocycles. The molecule has 1 atom stereocenters. The molecule has 0 aromatic heterocycles. The van der Waals surface area contributed by atoms with Gasteiger partial charge in [0.05, 0.1) is 0 Å². The molecule has 1 aliphatic rings. The van der Waals surface area contributed by atoms with Crippen LogP contribution in [0.4, 0.5) is 4.39 Å². The first-order chi connectivity index (χ1) is 8.74.